The normalized spacial score (nSPS) is 11.0. The van der Waals surface area contributed by atoms with E-state index in [2.05, 4.69) is 4.98 Å². The second-order valence-corrected chi connectivity index (χ2v) is 6.63. The summed E-state index contributed by atoms with van der Waals surface area (Å²) in [6, 6.07) is 14.7. The van der Waals surface area contributed by atoms with Gasteiger partial charge in [-0.15, -0.1) is 11.3 Å². The van der Waals surface area contributed by atoms with Crippen LogP contribution in [0.4, 0.5) is 0 Å². The van der Waals surface area contributed by atoms with E-state index in [0.29, 0.717) is 14.9 Å². The van der Waals surface area contributed by atoms with Crippen molar-refractivity contribution in [1.82, 2.24) is 4.98 Å². The summed E-state index contributed by atoms with van der Waals surface area (Å²) in [6.45, 7) is 0. The third-order valence-corrected chi connectivity index (χ3v) is 4.82. The van der Waals surface area contributed by atoms with Gasteiger partial charge in [0, 0.05) is 21.8 Å². The van der Waals surface area contributed by atoms with Gasteiger partial charge in [-0.25, -0.2) is 4.98 Å². The number of halogens is 2. The Balaban J connectivity index is 1.79. The molecule has 0 unspecified atom stereocenters. The molecule has 2 aromatic carbocycles. The fourth-order valence-corrected chi connectivity index (χ4v) is 3.14. The average molecular weight is 360 g/mol. The van der Waals surface area contributed by atoms with E-state index >= 15 is 0 Å². The number of aromatic nitrogens is 1. The maximum Gasteiger partial charge on any atom is 0.197 e. The predicted molar refractivity (Wildman–Crippen MR) is 97.4 cm³/mol. The third-order valence-electron chi connectivity index (χ3n) is 3.16. The molecule has 114 valence electrons. The van der Waals surface area contributed by atoms with Crippen molar-refractivity contribution in [2.75, 3.05) is 0 Å². The second kappa shape index (κ2) is 7.09. The molecule has 1 aromatic heterocycles. The highest BCUT2D eigenvalue weighted by molar-refractivity contribution is 7.17. The van der Waals surface area contributed by atoms with Gasteiger partial charge < -0.3 is 0 Å². The lowest BCUT2D eigenvalue weighted by Gasteiger charge is -1.96. The summed E-state index contributed by atoms with van der Waals surface area (Å²) < 4.78 is 0. The number of nitrogens with zero attached hydrogens (tertiary/aromatic N) is 1. The van der Waals surface area contributed by atoms with Crippen LogP contribution in [0.1, 0.15) is 15.2 Å². The Bertz CT molecular complexity index is 869. The molecule has 1 heterocycles. The minimum absolute atomic E-state index is 0.0948. The van der Waals surface area contributed by atoms with E-state index in [9.17, 15) is 4.79 Å². The number of allylic oxidation sites excluding steroid dienone is 1. The maximum absolute atomic E-state index is 12.2. The molecule has 0 aliphatic carbocycles. The molecule has 0 amide bonds. The lowest BCUT2D eigenvalue weighted by Crippen LogP contribution is -1.89. The molecule has 0 saturated heterocycles. The van der Waals surface area contributed by atoms with Gasteiger partial charge in [0.05, 0.1) is 4.88 Å². The molecule has 0 bridgehead atoms. The first-order valence-corrected chi connectivity index (χ1v) is 8.39. The van der Waals surface area contributed by atoms with Gasteiger partial charge in [0.1, 0.15) is 5.01 Å². The van der Waals surface area contributed by atoms with Crippen LogP contribution >= 0.6 is 34.5 Å². The van der Waals surface area contributed by atoms with Crippen molar-refractivity contribution >= 4 is 46.4 Å². The highest BCUT2D eigenvalue weighted by Crippen LogP contribution is 2.27. The first-order chi connectivity index (χ1) is 11.1. The lowest BCUT2D eigenvalue weighted by atomic mass is 10.2. The summed E-state index contributed by atoms with van der Waals surface area (Å²) in [5, 5.41) is 2.07. The Morgan fingerprint density at radius 1 is 1.04 bits per heavy atom. The molecule has 23 heavy (non-hydrogen) atoms. The first-order valence-electron chi connectivity index (χ1n) is 6.82. The zero-order valence-corrected chi connectivity index (χ0v) is 14.2. The number of benzene rings is 2. The number of carbonyl (C=O) groups is 1. The molecule has 3 aromatic rings. The fraction of sp³-hybridized carbons (Fsp3) is 0. The molecule has 0 saturated carbocycles. The van der Waals surface area contributed by atoms with Crippen LogP contribution in [-0.4, -0.2) is 10.8 Å². The predicted octanol–water partition coefficient (Wildman–Crippen LogP) is 6.01. The largest absolute Gasteiger partial charge is 0.288 e. The molecular formula is C18H11Cl2NOS. The molecular weight excluding hydrogens is 349 g/mol. The van der Waals surface area contributed by atoms with Crippen LogP contribution < -0.4 is 0 Å². The molecule has 0 N–H and O–H groups in total. The van der Waals surface area contributed by atoms with E-state index in [-0.39, 0.29) is 5.78 Å². The Hall–Kier alpha value is -1.94. The van der Waals surface area contributed by atoms with Gasteiger partial charge in [0.2, 0.25) is 0 Å². The smallest absolute Gasteiger partial charge is 0.197 e. The molecule has 0 atom stereocenters. The standard InChI is InChI=1S/C18H11Cl2NOS/c19-14-8-5-13(6-9-14)18-21-11-17(23-18)16(22)10-7-12-3-1-2-4-15(12)20/h1-11H. The monoisotopic (exact) mass is 359 g/mol. The number of rotatable bonds is 4. The Kier molecular flexibility index (Phi) is 4.91. The number of hydrogen-bond donors (Lipinski definition) is 0. The molecule has 0 spiro atoms. The molecule has 3 rings (SSSR count). The van der Waals surface area contributed by atoms with Crippen LogP contribution in [0, 0.1) is 0 Å². The molecule has 0 aliphatic rings. The molecule has 0 radical (unpaired) electrons. The van der Waals surface area contributed by atoms with Gasteiger partial charge in [-0.2, -0.15) is 0 Å². The zero-order chi connectivity index (χ0) is 16.2. The van der Waals surface area contributed by atoms with Gasteiger partial charge in [-0.3, -0.25) is 4.79 Å². The zero-order valence-electron chi connectivity index (χ0n) is 11.9. The number of ketones is 1. The Morgan fingerprint density at radius 2 is 1.78 bits per heavy atom. The lowest BCUT2D eigenvalue weighted by molar-refractivity contribution is 0.105. The van der Waals surface area contributed by atoms with Crippen LogP contribution in [0.15, 0.2) is 60.8 Å². The Labute approximate surface area is 148 Å². The van der Waals surface area contributed by atoms with Crippen LogP contribution in [0.2, 0.25) is 10.0 Å². The van der Waals surface area contributed by atoms with E-state index in [1.807, 2.05) is 30.3 Å². The van der Waals surface area contributed by atoms with Crippen LogP contribution in [0.5, 0.6) is 0 Å². The summed E-state index contributed by atoms with van der Waals surface area (Å²) >= 11 is 13.3. The second-order valence-electron chi connectivity index (χ2n) is 4.76. The Morgan fingerprint density at radius 3 is 2.52 bits per heavy atom. The van der Waals surface area contributed by atoms with E-state index in [1.54, 1.807) is 30.5 Å². The average Bonchev–Trinajstić information content (AvgIpc) is 3.04. The highest BCUT2D eigenvalue weighted by Gasteiger charge is 2.09. The minimum atomic E-state index is -0.0948. The number of thiazole rings is 1. The van der Waals surface area contributed by atoms with Gasteiger partial charge in [0.25, 0.3) is 0 Å². The van der Waals surface area contributed by atoms with Crippen molar-refractivity contribution in [2.24, 2.45) is 0 Å². The maximum atomic E-state index is 12.2. The quantitative estimate of drug-likeness (QED) is 0.421. The summed E-state index contributed by atoms with van der Waals surface area (Å²) in [5.74, 6) is -0.0948. The van der Waals surface area contributed by atoms with E-state index < -0.39 is 0 Å². The molecule has 0 fully saturated rings. The summed E-state index contributed by atoms with van der Waals surface area (Å²) in [5.41, 5.74) is 1.75. The highest BCUT2D eigenvalue weighted by atomic mass is 35.5. The van der Waals surface area contributed by atoms with Crippen molar-refractivity contribution in [1.29, 1.82) is 0 Å². The first kappa shape index (κ1) is 15.9. The summed E-state index contributed by atoms with van der Waals surface area (Å²) in [4.78, 5) is 17.1. The minimum Gasteiger partial charge on any atom is -0.288 e. The van der Waals surface area contributed by atoms with Crippen molar-refractivity contribution in [3.8, 4) is 10.6 Å². The van der Waals surface area contributed by atoms with Crippen molar-refractivity contribution in [2.45, 2.75) is 0 Å². The van der Waals surface area contributed by atoms with E-state index in [1.165, 1.54) is 17.4 Å². The van der Waals surface area contributed by atoms with Crippen LogP contribution in [-0.2, 0) is 0 Å². The van der Waals surface area contributed by atoms with E-state index in [4.69, 9.17) is 23.2 Å². The SMILES string of the molecule is O=C(C=Cc1ccccc1Cl)c1cnc(-c2ccc(Cl)cc2)s1. The van der Waals surface area contributed by atoms with Gasteiger partial charge >= 0.3 is 0 Å². The third kappa shape index (κ3) is 3.88. The van der Waals surface area contributed by atoms with Crippen LogP contribution in [0.3, 0.4) is 0 Å². The number of carbonyl (C=O) groups excluding carboxylic acids is 1. The molecule has 0 aliphatic heterocycles. The van der Waals surface area contributed by atoms with E-state index in [0.717, 1.165) is 16.1 Å². The van der Waals surface area contributed by atoms with Gasteiger partial charge in [-0.05, 0) is 35.9 Å². The summed E-state index contributed by atoms with van der Waals surface area (Å²) in [7, 11) is 0. The van der Waals surface area contributed by atoms with Crippen molar-refractivity contribution in [3.05, 3.63) is 81.3 Å². The molecule has 2 nitrogen and oxygen atoms in total. The van der Waals surface area contributed by atoms with Gasteiger partial charge in [0.15, 0.2) is 5.78 Å². The van der Waals surface area contributed by atoms with Crippen molar-refractivity contribution in [3.63, 3.8) is 0 Å². The van der Waals surface area contributed by atoms with Crippen LogP contribution in [0.25, 0.3) is 16.6 Å². The topological polar surface area (TPSA) is 30.0 Å². The van der Waals surface area contributed by atoms with Crippen molar-refractivity contribution < 1.29 is 4.79 Å². The fourth-order valence-electron chi connectivity index (χ4n) is 1.97. The number of hydrogen-bond acceptors (Lipinski definition) is 3. The summed E-state index contributed by atoms with van der Waals surface area (Å²) in [6.07, 6.45) is 4.82. The molecule has 5 heteroatoms. The van der Waals surface area contributed by atoms with Gasteiger partial charge in [-0.1, -0.05) is 53.5 Å².